The monoisotopic (exact) mass is 349 g/mol. The maximum Gasteiger partial charge on any atom is 0.328 e. The predicted molar refractivity (Wildman–Crippen MR) is 85.6 cm³/mol. The lowest BCUT2D eigenvalue weighted by Crippen LogP contribution is -2.38. The Labute approximate surface area is 141 Å². The van der Waals surface area contributed by atoms with Crippen molar-refractivity contribution in [3.63, 3.8) is 0 Å². The second kappa shape index (κ2) is 7.03. The van der Waals surface area contributed by atoms with Crippen LogP contribution in [0, 0.1) is 0 Å². The smallest absolute Gasteiger partial charge is 0.328 e. The Balaban J connectivity index is 1.76. The third-order valence-electron chi connectivity index (χ3n) is 4.10. The average molecular weight is 349 g/mol. The quantitative estimate of drug-likeness (QED) is 0.596. The van der Waals surface area contributed by atoms with Gasteiger partial charge < -0.3 is 15.1 Å². The maximum absolute atomic E-state index is 12.5. The van der Waals surface area contributed by atoms with Crippen molar-refractivity contribution in [2.75, 3.05) is 13.2 Å². The summed E-state index contributed by atoms with van der Waals surface area (Å²) >= 11 is 0. The highest BCUT2D eigenvalue weighted by molar-refractivity contribution is 5.76. The normalized spacial score (nSPS) is 15.5. The molecule has 10 nitrogen and oxygen atoms in total. The molecule has 1 aliphatic rings. The van der Waals surface area contributed by atoms with Gasteiger partial charge in [-0.1, -0.05) is 0 Å². The minimum atomic E-state index is -1.05. The number of fused-ring (bicyclic) bond motifs is 1. The van der Waals surface area contributed by atoms with Gasteiger partial charge in [-0.25, -0.2) is 4.79 Å². The number of carbonyl (C=O) groups is 1. The van der Waals surface area contributed by atoms with Crippen molar-refractivity contribution in [1.29, 1.82) is 0 Å². The van der Waals surface area contributed by atoms with Crippen molar-refractivity contribution in [2.24, 2.45) is 0 Å². The third kappa shape index (κ3) is 3.69. The molecule has 3 N–H and O–H groups in total. The molecule has 0 bridgehead atoms. The molecule has 25 heavy (non-hydrogen) atoms. The Kier molecular flexibility index (Phi) is 4.81. The topological polar surface area (TPSA) is 133 Å². The van der Waals surface area contributed by atoms with Gasteiger partial charge in [0.15, 0.2) is 0 Å². The summed E-state index contributed by atoms with van der Waals surface area (Å²) in [6.45, 7) is 0.806. The second-order valence-electron chi connectivity index (χ2n) is 5.89. The molecule has 2 aromatic heterocycles. The molecule has 0 radical (unpaired) electrons. The minimum absolute atomic E-state index is 0.171. The van der Waals surface area contributed by atoms with Crippen LogP contribution in [0.5, 0.6) is 0 Å². The molecule has 3 rings (SSSR count). The Hall–Kier alpha value is -2.72. The molecule has 0 aromatic carbocycles. The van der Waals surface area contributed by atoms with Crippen molar-refractivity contribution in [2.45, 2.75) is 32.2 Å². The summed E-state index contributed by atoms with van der Waals surface area (Å²) in [6.07, 6.45) is 0.912. The van der Waals surface area contributed by atoms with Gasteiger partial charge in [0, 0.05) is 25.4 Å². The molecule has 10 heteroatoms. The van der Waals surface area contributed by atoms with E-state index in [9.17, 15) is 19.5 Å². The van der Waals surface area contributed by atoms with Crippen molar-refractivity contribution in [1.82, 2.24) is 24.2 Å². The van der Waals surface area contributed by atoms with Crippen molar-refractivity contribution >= 4 is 5.91 Å². The summed E-state index contributed by atoms with van der Waals surface area (Å²) in [5, 5.41) is 23.0. The number of carbonyl (C=O) groups excluding carboxylic acids is 1. The predicted octanol–water partition coefficient (Wildman–Crippen LogP) is -1.81. The number of aromatic nitrogens is 4. The zero-order valence-electron chi connectivity index (χ0n) is 13.5. The first kappa shape index (κ1) is 17.1. The van der Waals surface area contributed by atoms with Gasteiger partial charge in [-0.05, 0) is 12.5 Å². The Morgan fingerprint density at radius 2 is 2.16 bits per heavy atom. The molecule has 0 saturated heterocycles. The molecule has 3 heterocycles. The van der Waals surface area contributed by atoms with Crippen molar-refractivity contribution in [3.05, 3.63) is 50.6 Å². The van der Waals surface area contributed by atoms with Crippen LogP contribution in [-0.4, -0.2) is 53.5 Å². The van der Waals surface area contributed by atoms with E-state index in [0.29, 0.717) is 31.7 Å². The van der Waals surface area contributed by atoms with Gasteiger partial charge in [0.2, 0.25) is 5.91 Å². The number of aryl methyl sites for hydroxylation is 1. The highest BCUT2D eigenvalue weighted by Gasteiger charge is 2.22. The van der Waals surface area contributed by atoms with Crippen LogP contribution in [0.2, 0.25) is 0 Å². The molecule has 0 spiro atoms. The van der Waals surface area contributed by atoms with Gasteiger partial charge in [0.25, 0.3) is 5.56 Å². The highest BCUT2D eigenvalue weighted by atomic mass is 16.3. The first-order chi connectivity index (χ1) is 12.0. The van der Waals surface area contributed by atoms with Crippen molar-refractivity contribution < 1.29 is 15.0 Å². The minimum Gasteiger partial charge on any atom is -0.393 e. The molecule has 0 fully saturated rings. The third-order valence-corrected chi connectivity index (χ3v) is 4.10. The van der Waals surface area contributed by atoms with Crippen LogP contribution in [0.3, 0.4) is 0 Å². The molecule has 1 atom stereocenters. The summed E-state index contributed by atoms with van der Waals surface area (Å²) < 4.78 is 2.86. The molecule has 134 valence electrons. The van der Waals surface area contributed by atoms with E-state index in [-0.39, 0.29) is 12.5 Å². The Bertz CT molecular complexity index is 883. The zero-order chi connectivity index (χ0) is 18.0. The van der Waals surface area contributed by atoms with Crippen LogP contribution in [0.4, 0.5) is 0 Å². The molecular formula is C15H19N5O5. The van der Waals surface area contributed by atoms with Gasteiger partial charge >= 0.3 is 5.69 Å². The van der Waals surface area contributed by atoms with E-state index in [1.165, 1.54) is 12.3 Å². The number of aliphatic hydroxyl groups is 2. The van der Waals surface area contributed by atoms with Gasteiger partial charge in [0.1, 0.15) is 12.6 Å². The van der Waals surface area contributed by atoms with Crippen LogP contribution < -0.4 is 11.2 Å². The van der Waals surface area contributed by atoms with Gasteiger partial charge in [-0.3, -0.25) is 23.8 Å². The van der Waals surface area contributed by atoms with Gasteiger partial charge in [-0.2, -0.15) is 5.10 Å². The van der Waals surface area contributed by atoms with E-state index in [0.717, 1.165) is 10.3 Å². The largest absolute Gasteiger partial charge is 0.393 e. The molecular weight excluding hydrogens is 330 g/mol. The molecule has 1 aliphatic heterocycles. The van der Waals surface area contributed by atoms with Crippen LogP contribution in [-0.2, 0) is 24.4 Å². The number of amides is 1. The zero-order valence-corrected chi connectivity index (χ0v) is 13.5. The number of nitrogens with one attached hydrogen (secondary N) is 1. The maximum atomic E-state index is 12.5. The second-order valence-corrected chi connectivity index (χ2v) is 5.89. The number of hydrogen-bond acceptors (Lipinski definition) is 6. The number of H-pyrrole nitrogens is 1. The van der Waals surface area contributed by atoms with E-state index in [1.807, 2.05) is 0 Å². The summed E-state index contributed by atoms with van der Waals surface area (Å²) in [7, 11) is 0. The average Bonchev–Trinajstić information content (AvgIpc) is 2.88. The lowest BCUT2D eigenvalue weighted by molar-refractivity contribution is -0.132. The SMILES string of the molecule is O=C(Cn1ccc(=O)[nH]c1=O)N1CCCn2nc([C@H](O)CO)cc2C1. The summed E-state index contributed by atoms with van der Waals surface area (Å²) in [5.41, 5.74) is -0.0257. The van der Waals surface area contributed by atoms with Crippen LogP contribution >= 0.6 is 0 Å². The van der Waals surface area contributed by atoms with Gasteiger partial charge in [-0.15, -0.1) is 0 Å². The fourth-order valence-electron chi connectivity index (χ4n) is 2.77. The lowest BCUT2D eigenvalue weighted by atomic mass is 10.2. The lowest BCUT2D eigenvalue weighted by Gasteiger charge is -2.20. The number of nitrogens with zero attached hydrogens (tertiary/aromatic N) is 4. The van der Waals surface area contributed by atoms with E-state index in [4.69, 9.17) is 5.11 Å². The van der Waals surface area contributed by atoms with E-state index in [2.05, 4.69) is 10.1 Å². The van der Waals surface area contributed by atoms with Crippen LogP contribution in [0.15, 0.2) is 27.9 Å². The fraction of sp³-hybridized carbons (Fsp3) is 0.467. The Morgan fingerprint density at radius 3 is 2.88 bits per heavy atom. The first-order valence-corrected chi connectivity index (χ1v) is 7.91. The number of aromatic amines is 1. The molecule has 1 amide bonds. The Morgan fingerprint density at radius 1 is 1.36 bits per heavy atom. The van der Waals surface area contributed by atoms with E-state index >= 15 is 0 Å². The fourth-order valence-corrected chi connectivity index (χ4v) is 2.77. The molecule has 2 aromatic rings. The van der Waals surface area contributed by atoms with Crippen LogP contribution in [0.25, 0.3) is 0 Å². The van der Waals surface area contributed by atoms with Gasteiger partial charge in [0.05, 0.1) is 24.5 Å². The molecule has 0 aliphatic carbocycles. The first-order valence-electron chi connectivity index (χ1n) is 7.91. The summed E-state index contributed by atoms with van der Waals surface area (Å²) in [5.74, 6) is -0.256. The standard InChI is InChI=1S/C15H19N5O5/c21-9-12(22)11-6-10-7-18(3-1-4-20(10)17-11)14(24)8-19-5-2-13(23)16-15(19)25/h2,5-6,12,21-22H,1,3-4,7-9H2,(H,16,23,25)/t12-/m1/s1. The number of rotatable bonds is 4. The van der Waals surface area contributed by atoms with E-state index in [1.54, 1.807) is 15.6 Å². The number of aliphatic hydroxyl groups excluding tert-OH is 2. The summed E-state index contributed by atoms with van der Waals surface area (Å²) in [4.78, 5) is 39.0. The number of hydrogen-bond donors (Lipinski definition) is 3. The summed E-state index contributed by atoms with van der Waals surface area (Å²) in [6, 6.07) is 2.85. The highest BCUT2D eigenvalue weighted by Crippen LogP contribution is 2.18. The molecule has 0 unspecified atom stereocenters. The molecule has 0 saturated carbocycles. The van der Waals surface area contributed by atoms with Crippen LogP contribution in [0.1, 0.15) is 23.9 Å². The van der Waals surface area contributed by atoms with E-state index < -0.39 is 24.0 Å². The van der Waals surface area contributed by atoms with Crippen molar-refractivity contribution in [3.8, 4) is 0 Å².